The fourth-order valence-corrected chi connectivity index (χ4v) is 2.45. The number of hydrogen-bond donors (Lipinski definition) is 1. The predicted octanol–water partition coefficient (Wildman–Crippen LogP) is 3.59. The van der Waals surface area contributed by atoms with Crippen LogP contribution in [0.4, 0.5) is 0 Å². The smallest absolute Gasteiger partial charge is 0.150 e. The van der Waals surface area contributed by atoms with Gasteiger partial charge < -0.3 is 5.11 Å². The number of hydrogen-bond acceptors (Lipinski definition) is 6. The van der Waals surface area contributed by atoms with Crippen molar-refractivity contribution in [3.8, 4) is 22.3 Å². The van der Waals surface area contributed by atoms with Gasteiger partial charge in [0, 0.05) is 41.5 Å². The van der Waals surface area contributed by atoms with Crippen LogP contribution in [-0.2, 0) is 6.61 Å². The minimum atomic E-state index is 0.0750. The Balaban J connectivity index is 0.000000161. The number of nitrogens with zero attached hydrogens (tertiary/aromatic N) is 4. The molecule has 0 fully saturated rings. The van der Waals surface area contributed by atoms with Gasteiger partial charge in [0.1, 0.15) is 18.9 Å². The number of carbonyl (C=O) groups excluding carboxylic acids is 1. The molecule has 0 saturated carbocycles. The molecule has 2 aromatic heterocycles. The van der Waals surface area contributed by atoms with Crippen LogP contribution in [0.1, 0.15) is 15.9 Å². The molecule has 1 N–H and O–H groups in total. The van der Waals surface area contributed by atoms with Gasteiger partial charge in [-0.2, -0.15) is 0 Å². The van der Waals surface area contributed by atoms with Gasteiger partial charge in [-0.1, -0.05) is 48.5 Å². The molecule has 0 aliphatic rings. The molecule has 6 nitrogen and oxygen atoms in total. The van der Waals surface area contributed by atoms with Crippen LogP contribution in [0.2, 0.25) is 0 Å². The Labute approximate surface area is 162 Å². The quantitative estimate of drug-likeness (QED) is 0.552. The van der Waals surface area contributed by atoms with Gasteiger partial charge in [-0.15, -0.1) is 0 Å². The zero-order valence-electron chi connectivity index (χ0n) is 15.0. The Morgan fingerprint density at radius 3 is 1.46 bits per heavy atom. The van der Waals surface area contributed by atoms with E-state index in [9.17, 15) is 4.79 Å². The van der Waals surface area contributed by atoms with Gasteiger partial charge >= 0.3 is 0 Å². The minimum absolute atomic E-state index is 0.0750. The molecule has 0 aliphatic carbocycles. The van der Waals surface area contributed by atoms with E-state index < -0.39 is 0 Å². The highest BCUT2D eigenvalue weighted by atomic mass is 16.3. The number of rotatable bonds is 4. The van der Waals surface area contributed by atoms with Gasteiger partial charge in [0.15, 0.2) is 0 Å². The van der Waals surface area contributed by atoms with Crippen LogP contribution < -0.4 is 0 Å². The van der Waals surface area contributed by atoms with Gasteiger partial charge in [-0.3, -0.25) is 4.79 Å². The SMILES string of the molecule is O=Cc1ccc(-c2cncnc2)cc1.OCc1ccc(-c2cncnc2)cc1. The van der Waals surface area contributed by atoms with Crippen molar-refractivity contribution in [3.05, 3.63) is 97.1 Å². The van der Waals surface area contributed by atoms with Crippen LogP contribution in [0.3, 0.4) is 0 Å². The summed E-state index contributed by atoms with van der Waals surface area (Å²) in [6, 6.07) is 15.0. The Kier molecular flexibility index (Phi) is 6.65. The van der Waals surface area contributed by atoms with Crippen molar-refractivity contribution >= 4 is 6.29 Å². The van der Waals surface area contributed by atoms with Crippen LogP contribution in [-0.4, -0.2) is 31.3 Å². The molecule has 2 heterocycles. The molecule has 0 unspecified atom stereocenters. The fourth-order valence-electron chi connectivity index (χ4n) is 2.45. The third kappa shape index (κ3) is 5.12. The second-order valence-electron chi connectivity index (χ2n) is 5.85. The first-order chi connectivity index (χ1) is 13.8. The highest BCUT2D eigenvalue weighted by Gasteiger charge is 1.98. The summed E-state index contributed by atoms with van der Waals surface area (Å²) >= 11 is 0. The Morgan fingerprint density at radius 2 is 1.07 bits per heavy atom. The van der Waals surface area contributed by atoms with Crippen molar-refractivity contribution in [3.63, 3.8) is 0 Å². The van der Waals surface area contributed by atoms with E-state index in [1.807, 2.05) is 36.4 Å². The molecule has 0 atom stereocenters. The first-order valence-corrected chi connectivity index (χ1v) is 8.56. The number of aliphatic hydroxyl groups is 1. The number of aliphatic hydroxyl groups excluding tert-OH is 1. The summed E-state index contributed by atoms with van der Waals surface area (Å²) in [6.07, 6.45) is 10.8. The van der Waals surface area contributed by atoms with Crippen molar-refractivity contribution in [2.24, 2.45) is 0 Å². The van der Waals surface area contributed by atoms with Crippen molar-refractivity contribution in [2.45, 2.75) is 6.61 Å². The molecule has 6 heteroatoms. The zero-order valence-corrected chi connectivity index (χ0v) is 15.0. The van der Waals surface area contributed by atoms with Crippen molar-refractivity contribution in [1.29, 1.82) is 0 Å². The van der Waals surface area contributed by atoms with Crippen molar-refractivity contribution in [2.75, 3.05) is 0 Å². The van der Waals surface area contributed by atoms with Crippen LogP contribution in [0.15, 0.2) is 86.0 Å². The molecule has 28 heavy (non-hydrogen) atoms. The molecular weight excluding hydrogens is 352 g/mol. The summed E-state index contributed by atoms with van der Waals surface area (Å²) in [7, 11) is 0. The minimum Gasteiger partial charge on any atom is -0.392 e. The standard InChI is InChI=1S/C11H10N2O.C11H8N2O/c2*14-7-9-1-3-10(4-2-9)11-5-12-8-13-6-11/h1-6,8,14H,7H2;1-8H. The molecule has 0 amide bonds. The van der Waals surface area contributed by atoms with Gasteiger partial charge in [0.25, 0.3) is 0 Å². The van der Waals surface area contributed by atoms with E-state index in [0.29, 0.717) is 5.56 Å². The normalized spacial score (nSPS) is 9.89. The van der Waals surface area contributed by atoms with E-state index in [1.54, 1.807) is 36.9 Å². The van der Waals surface area contributed by atoms with Crippen LogP contribution in [0, 0.1) is 0 Å². The van der Waals surface area contributed by atoms with E-state index in [4.69, 9.17) is 5.11 Å². The first kappa shape index (κ1) is 19.0. The van der Waals surface area contributed by atoms with Crippen molar-refractivity contribution < 1.29 is 9.90 Å². The van der Waals surface area contributed by atoms with Gasteiger partial charge in [-0.05, 0) is 16.7 Å². The molecule has 0 bridgehead atoms. The Morgan fingerprint density at radius 1 is 0.643 bits per heavy atom. The summed E-state index contributed by atoms with van der Waals surface area (Å²) in [4.78, 5) is 26.2. The molecule has 0 radical (unpaired) electrons. The summed E-state index contributed by atoms with van der Waals surface area (Å²) < 4.78 is 0. The van der Waals surface area contributed by atoms with E-state index in [0.717, 1.165) is 34.1 Å². The fraction of sp³-hybridized carbons (Fsp3) is 0.0455. The highest BCUT2D eigenvalue weighted by Crippen LogP contribution is 2.18. The molecule has 4 rings (SSSR count). The lowest BCUT2D eigenvalue weighted by molar-refractivity contribution is 0.112. The maximum atomic E-state index is 10.4. The van der Waals surface area contributed by atoms with E-state index in [-0.39, 0.29) is 6.61 Å². The molecular formula is C22H18N4O2. The van der Waals surface area contributed by atoms with E-state index >= 15 is 0 Å². The zero-order chi connectivity index (χ0) is 19.6. The largest absolute Gasteiger partial charge is 0.392 e. The lowest BCUT2D eigenvalue weighted by atomic mass is 10.1. The second-order valence-corrected chi connectivity index (χ2v) is 5.85. The number of aldehydes is 1. The highest BCUT2D eigenvalue weighted by molar-refractivity contribution is 5.76. The maximum Gasteiger partial charge on any atom is 0.150 e. The van der Waals surface area contributed by atoms with Crippen LogP contribution >= 0.6 is 0 Å². The predicted molar refractivity (Wildman–Crippen MR) is 106 cm³/mol. The van der Waals surface area contributed by atoms with Crippen molar-refractivity contribution in [1.82, 2.24) is 19.9 Å². The molecule has 2 aromatic carbocycles. The summed E-state index contributed by atoms with van der Waals surface area (Å²) in [5.41, 5.74) is 5.58. The Bertz CT molecular complexity index is 990. The number of benzene rings is 2. The molecule has 138 valence electrons. The monoisotopic (exact) mass is 370 g/mol. The average Bonchev–Trinajstić information content (AvgIpc) is 2.81. The average molecular weight is 370 g/mol. The summed E-state index contributed by atoms with van der Waals surface area (Å²) in [5.74, 6) is 0. The molecule has 0 aliphatic heterocycles. The lowest BCUT2D eigenvalue weighted by Crippen LogP contribution is -1.84. The third-order valence-corrected chi connectivity index (χ3v) is 3.97. The third-order valence-electron chi connectivity index (χ3n) is 3.97. The molecule has 4 aromatic rings. The van der Waals surface area contributed by atoms with E-state index in [1.165, 1.54) is 12.7 Å². The first-order valence-electron chi connectivity index (χ1n) is 8.56. The second kappa shape index (κ2) is 9.80. The summed E-state index contributed by atoms with van der Waals surface area (Å²) in [6.45, 7) is 0.0750. The van der Waals surface area contributed by atoms with Gasteiger partial charge in [0.2, 0.25) is 0 Å². The van der Waals surface area contributed by atoms with Gasteiger partial charge in [0.05, 0.1) is 6.61 Å². The maximum absolute atomic E-state index is 10.4. The molecule has 0 saturated heterocycles. The number of aromatic nitrogens is 4. The van der Waals surface area contributed by atoms with Crippen LogP contribution in [0.5, 0.6) is 0 Å². The van der Waals surface area contributed by atoms with Crippen LogP contribution in [0.25, 0.3) is 22.3 Å². The van der Waals surface area contributed by atoms with Gasteiger partial charge in [-0.25, -0.2) is 19.9 Å². The topological polar surface area (TPSA) is 88.9 Å². The molecule has 0 spiro atoms. The Hall–Kier alpha value is -3.77. The number of carbonyl (C=O) groups is 1. The summed E-state index contributed by atoms with van der Waals surface area (Å²) in [5, 5.41) is 8.87. The van der Waals surface area contributed by atoms with E-state index in [2.05, 4.69) is 19.9 Å². The lowest BCUT2D eigenvalue weighted by Gasteiger charge is -2.00.